The molecule has 0 aromatic rings. The number of amides is 1. The minimum Gasteiger partial charge on any atom is -0.465 e. The maximum absolute atomic E-state index is 11.7. The molecule has 0 aromatic heterocycles. The molecule has 0 aliphatic carbocycles. The van der Waals surface area contributed by atoms with Crippen LogP contribution in [0.3, 0.4) is 0 Å². The number of piperidine rings is 1. The molecule has 4 heteroatoms. The van der Waals surface area contributed by atoms with Gasteiger partial charge in [0.05, 0.1) is 12.5 Å². The second-order valence-corrected chi connectivity index (χ2v) is 4.33. The van der Waals surface area contributed by atoms with E-state index in [1.165, 1.54) is 0 Å². The molecule has 1 saturated heterocycles. The Labute approximate surface area is 96.9 Å². The number of carbonyl (C=O) groups excluding carboxylic acids is 2. The second kappa shape index (κ2) is 6.51. The van der Waals surface area contributed by atoms with Crippen LogP contribution in [0.1, 0.15) is 39.5 Å². The highest BCUT2D eigenvalue weighted by Crippen LogP contribution is 2.18. The summed E-state index contributed by atoms with van der Waals surface area (Å²) in [5.74, 6) is -0.208. The van der Waals surface area contributed by atoms with Crippen molar-refractivity contribution in [1.82, 2.24) is 4.90 Å². The Balaban J connectivity index is 2.35. The second-order valence-electron chi connectivity index (χ2n) is 4.33. The van der Waals surface area contributed by atoms with E-state index in [0.717, 1.165) is 32.2 Å². The Morgan fingerprint density at radius 2 is 2.19 bits per heavy atom. The van der Waals surface area contributed by atoms with Crippen LogP contribution >= 0.6 is 0 Å². The van der Waals surface area contributed by atoms with E-state index in [4.69, 9.17) is 4.74 Å². The van der Waals surface area contributed by atoms with Crippen molar-refractivity contribution in [2.24, 2.45) is 5.92 Å². The van der Waals surface area contributed by atoms with Crippen LogP contribution in [0.15, 0.2) is 0 Å². The van der Waals surface area contributed by atoms with E-state index in [1.54, 1.807) is 11.8 Å². The summed E-state index contributed by atoms with van der Waals surface area (Å²) in [7, 11) is 0. The lowest BCUT2D eigenvalue weighted by atomic mass is 9.98. The van der Waals surface area contributed by atoms with Crippen LogP contribution in [0.2, 0.25) is 0 Å². The van der Waals surface area contributed by atoms with Crippen molar-refractivity contribution in [3.8, 4) is 0 Å². The number of hydrogen-bond acceptors (Lipinski definition) is 3. The lowest BCUT2D eigenvalue weighted by Gasteiger charge is -2.30. The predicted octanol–water partition coefficient (Wildman–Crippen LogP) is 1.59. The van der Waals surface area contributed by atoms with Gasteiger partial charge in [-0.05, 0) is 19.3 Å². The SMILES string of the molecule is CCCCOC(=O)C1CCCN(C(C)=O)C1. The number of hydrogen-bond donors (Lipinski definition) is 0. The lowest BCUT2D eigenvalue weighted by molar-refractivity contribution is -0.151. The van der Waals surface area contributed by atoms with E-state index in [0.29, 0.717) is 13.2 Å². The largest absolute Gasteiger partial charge is 0.465 e. The summed E-state index contributed by atoms with van der Waals surface area (Å²) in [4.78, 5) is 24.6. The molecule has 0 N–H and O–H groups in total. The average Bonchev–Trinajstić information content (AvgIpc) is 2.29. The fourth-order valence-corrected chi connectivity index (χ4v) is 1.89. The van der Waals surface area contributed by atoms with E-state index in [-0.39, 0.29) is 17.8 Å². The average molecular weight is 227 g/mol. The van der Waals surface area contributed by atoms with Gasteiger partial charge in [0.1, 0.15) is 0 Å². The highest BCUT2D eigenvalue weighted by molar-refractivity contribution is 5.76. The number of likely N-dealkylation sites (tertiary alicyclic amines) is 1. The first-order chi connectivity index (χ1) is 7.65. The first kappa shape index (κ1) is 13.0. The van der Waals surface area contributed by atoms with Gasteiger partial charge in [0, 0.05) is 20.0 Å². The standard InChI is InChI=1S/C12H21NO3/c1-3-4-8-16-12(15)11-6-5-7-13(9-11)10(2)14/h11H,3-9H2,1-2H3. The van der Waals surface area contributed by atoms with Crippen molar-refractivity contribution in [2.45, 2.75) is 39.5 Å². The summed E-state index contributed by atoms with van der Waals surface area (Å²) in [6.07, 6.45) is 3.67. The Bertz CT molecular complexity index is 253. The normalized spacial score (nSPS) is 20.6. The Hall–Kier alpha value is -1.06. The van der Waals surface area contributed by atoms with Crippen LogP contribution in [-0.2, 0) is 14.3 Å². The molecule has 1 atom stereocenters. The van der Waals surface area contributed by atoms with Crippen LogP contribution in [-0.4, -0.2) is 36.5 Å². The number of rotatable bonds is 4. The summed E-state index contributed by atoms with van der Waals surface area (Å²) in [5.41, 5.74) is 0. The molecule has 1 amide bonds. The van der Waals surface area contributed by atoms with Crippen LogP contribution in [0.25, 0.3) is 0 Å². The molecule has 1 fully saturated rings. The minimum absolute atomic E-state index is 0.0473. The van der Waals surface area contributed by atoms with E-state index >= 15 is 0 Å². The van der Waals surface area contributed by atoms with Crippen LogP contribution in [0.5, 0.6) is 0 Å². The van der Waals surface area contributed by atoms with Gasteiger partial charge in [0.25, 0.3) is 0 Å². The van der Waals surface area contributed by atoms with Gasteiger partial charge in [-0.15, -0.1) is 0 Å². The Morgan fingerprint density at radius 1 is 1.44 bits per heavy atom. The third-order valence-corrected chi connectivity index (χ3v) is 2.94. The third-order valence-electron chi connectivity index (χ3n) is 2.94. The Morgan fingerprint density at radius 3 is 2.81 bits per heavy atom. The number of esters is 1. The molecule has 4 nitrogen and oxygen atoms in total. The zero-order valence-corrected chi connectivity index (χ0v) is 10.2. The van der Waals surface area contributed by atoms with Gasteiger partial charge in [0.15, 0.2) is 0 Å². The fourth-order valence-electron chi connectivity index (χ4n) is 1.89. The van der Waals surface area contributed by atoms with Crippen molar-refractivity contribution in [3.05, 3.63) is 0 Å². The van der Waals surface area contributed by atoms with E-state index in [2.05, 4.69) is 6.92 Å². The summed E-state index contributed by atoms with van der Waals surface area (Å²) in [6, 6.07) is 0. The van der Waals surface area contributed by atoms with E-state index < -0.39 is 0 Å². The molecule has 1 heterocycles. The van der Waals surface area contributed by atoms with Gasteiger partial charge in [-0.25, -0.2) is 0 Å². The smallest absolute Gasteiger partial charge is 0.310 e. The number of unbranched alkanes of at least 4 members (excludes halogenated alkanes) is 1. The molecule has 0 spiro atoms. The molecule has 0 saturated carbocycles. The molecular weight excluding hydrogens is 206 g/mol. The van der Waals surface area contributed by atoms with Crippen LogP contribution in [0.4, 0.5) is 0 Å². The number of nitrogens with zero attached hydrogens (tertiary/aromatic N) is 1. The van der Waals surface area contributed by atoms with Gasteiger partial charge in [0.2, 0.25) is 5.91 Å². The zero-order chi connectivity index (χ0) is 12.0. The third kappa shape index (κ3) is 3.83. The lowest BCUT2D eigenvalue weighted by Crippen LogP contribution is -2.41. The molecule has 1 aliphatic rings. The predicted molar refractivity (Wildman–Crippen MR) is 60.8 cm³/mol. The number of carbonyl (C=O) groups is 2. The first-order valence-electron chi connectivity index (χ1n) is 6.07. The van der Waals surface area contributed by atoms with Gasteiger partial charge in [-0.2, -0.15) is 0 Å². The van der Waals surface area contributed by atoms with E-state index in [1.807, 2.05) is 0 Å². The van der Waals surface area contributed by atoms with Crippen molar-refractivity contribution in [2.75, 3.05) is 19.7 Å². The summed E-state index contributed by atoms with van der Waals surface area (Å²) < 4.78 is 5.17. The maximum atomic E-state index is 11.7. The molecule has 0 bridgehead atoms. The summed E-state index contributed by atoms with van der Waals surface area (Å²) in [5, 5.41) is 0. The highest BCUT2D eigenvalue weighted by Gasteiger charge is 2.27. The fraction of sp³-hybridized carbons (Fsp3) is 0.833. The van der Waals surface area contributed by atoms with Crippen LogP contribution in [0, 0.1) is 5.92 Å². The molecule has 0 radical (unpaired) electrons. The highest BCUT2D eigenvalue weighted by atomic mass is 16.5. The van der Waals surface area contributed by atoms with Crippen molar-refractivity contribution in [1.29, 1.82) is 0 Å². The van der Waals surface area contributed by atoms with Gasteiger partial charge >= 0.3 is 5.97 Å². The van der Waals surface area contributed by atoms with Gasteiger partial charge < -0.3 is 9.64 Å². The monoisotopic (exact) mass is 227 g/mol. The first-order valence-corrected chi connectivity index (χ1v) is 6.07. The molecule has 16 heavy (non-hydrogen) atoms. The summed E-state index contributed by atoms with van der Waals surface area (Å²) >= 11 is 0. The molecule has 1 aliphatic heterocycles. The number of ether oxygens (including phenoxy) is 1. The maximum Gasteiger partial charge on any atom is 0.310 e. The zero-order valence-electron chi connectivity index (χ0n) is 10.2. The van der Waals surface area contributed by atoms with Gasteiger partial charge in [-0.3, -0.25) is 9.59 Å². The molecule has 92 valence electrons. The quantitative estimate of drug-likeness (QED) is 0.541. The van der Waals surface area contributed by atoms with Gasteiger partial charge in [-0.1, -0.05) is 13.3 Å². The topological polar surface area (TPSA) is 46.6 Å². The van der Waals surface area contributed by atoms with Crippen molar-refractivity contribution < 1.29 is 14.3 Å². The molecule has 1 rings (SSSR count). The Kier molecular flexibility index (Phi) is 5.29. The summed E-state index contributed by atoms with van der Waals surface area (Å²) in [6.45, 7) is 5.41. The van der Waals surface area contributed by atoms with Crippen LogP contribution < -0.4 is 0 Å². The molecule has 1 unspecified atom stereocenters. The molecular formula is C12H21NO3. The van der Waals surface area contributed by atoms with E-state index in [9.17, 15) is 9.59 Å². The molecule has 0 aromatic carbocycles. The van der Waals surface area contributed by atoms with Crippen molar-refractivity contribution >= 4 is 11.9 Å². The van der Waals surface area contributed by atoms with Crippen molar-refractivity contribution in [3.63, 3.8) is 0 Å². The minimum atomic E-state index is -0.139.